The number of fused-ring (bicyclic) bond motifs is 4. The third-order valence-electron chi connectivity index (χ3n) is 5.88. The fourth-order valence-corrected chi connectivity index (χ4v) is 17.6. The summed E-state index contributed by atoms with van der Waals surface area (Å²) in [7, 11) is 0. The van der Waals surface area contributed by atoms with E-state index in [-0.39, 0.29) is 0 Å². The molecule has 19 heavy (non-hydrogen) atoms. The average molecular weight is 351 g/mol. The van der Waals surface area contributed by atoms with Crippen molar-refractivity contribution in [1.82, 2.24) is 0 Å². The summed E-state index contributed by atoms with van der Waals surface area (Å²) in [5, 5.41) is 1.74. The maximum atomic E-state index is 5.95. The highest BCUT2D eigenvalue weighted by molar-refractivity contribution is 9.20. The second-order valence-corrected chi connectivity index (χ2v) is 22.2. The first-order valence-corrected chi connectivity index (χ1v) is 14.7. The molecule has 4 bridgehead atoms. The van der Waals surface area contributed by atoms with Crippen molar-refractivity contribution >= 4 is 50.5 Å². The van der Waals surface area contributed by atoms with Crippen molar-refractivity contribution in [1.29, 1.82) is 0 Å². The third kappa shape index (κ3) is 2.96. The van der Waals surface area contributed by atoms with Crippen LogP contribution in [0.3, 0.4) is 0 Å². The molecule has 5 heteroatoms. The molecule has 6 unspecified atom stereocenters. The Balaban J connectivity index is 1.36. The minimum absolute atomic E-state index is 0.869. The Bertz CT molecular complexity index is 378. The van der Waals surface area contributed by atoms with Gasteiger partial charge in [0.15, 0.2) is 0 Å². The maximum absolute atomic E-state index is 5.95. The highest BCUT2D eigenvalue weighted by atomic mass is 33.5. The van der Waals surface area contributed by atoms with Gasteiger partial charge in [0, 0.05) is 10.5 Å². The van der Waals surface area contributed by atoms with Crippen LogP contribution in [0.15, 0.2) is 0 Å². The molecule has 4 aliphatic carbocycles. The molecule has 0 aromatic rings. The number of hydrogen-bond acceptors (Lipinski definition) is 3. The zero-order valence-corrected chi connectivity index (χ0v) is 15.5. The van der Waals surface area contributed by atoms with E-state index in [0.29, 0.717) is 0 Å². The van der Waals surface area contributed by atoms with E-state index in [1.807, 2.05) is 0 Å². The SMILES string of the molecule is S=P(S)(SC1CC2CCC1C2)SC1CC2CCC1C2. The molecular weight excluding hydrogens is 327 g/mol. The summed E-state index contributed by atoms with van der Waals surface area (Å²) in [6.45, 7) is 0. The molecule has 0 radical (unpaired) electrons. The summed E-state index contributed by atoms with van der Waals surface area (Å²) in [4.78, 5) is 0. The van der Waals surface area contributed by atoms with Gasteiger partial charge in [-0.2, -0.15) is 0 Å². The van der Waals surface area contributed by atoms with Gasteiger partial charge in [-0.1, -0.05) is 24.6 Å². The second kappa shape index (κ2) is 5.41. The van der Waals surface area contributed by atoms with Crippen LogP contribution in [0.5, 0.6) is 0 Å². The van der Waals surface area contributed by atoms with Crippen molar-refractivity contribution in [3.63, 3.8) is 0 Å². The Morgan fingerprint density at radius 1 is 0.789 bits per heavy atom. The Kier molecular flexibility index (Phi) is 4.07. The Hall–Kier alpha value is 1.70. The lowest BCUT2D eigenvalue weighted by atomic mass is 10.0. The first-order chi connectivity index (χ1) is 9.09. The van der Waals surface area contributed by atoms with Gasteiger partial charge in [-0.15, -0.1) is 35.0 Å². The summed E-state index contributed by atoms with van der Waals surface area (Å²) in [5.74, 6) is 4.06. The van der Waals surface area contributed by atoms with Crippen LogP contribution in [-0.4, -0.2) is 10.5 Å². The summed E-state index contributed by atoms with van der Waals surface area (Å²) in [6.07, 6.45) is 11.8. The van der Waals surface area contributed by atoms with E-state index in [2.05, 4.69) is 22.8 Å². The fourth-order valence-electron chi connectivity index (χ4n) is 5.00. The fraction of sp³-hybridized carbons (Fsp3) is 1.00. The van der Waals surface area contributed by atoms with Crippen molar-refractivity contribution in [2.24, 2.45) is 23.7 Å². The highest BCUT2D eigenvalue weighted by Gasteiger charge is 2.44. The van der Waals surface area contributed by atoms with Crippen LogP contribution in [0.4, 0.5) is 0 Å². The molecular formula is C14H23PS4. The maximum Gasteiger partial charge on any atom is 0.106 e. The standard InChI is InChI=1S/C14H23PS4/c16-15(17,18-13-7-9-1-3-11(13)5-9)19-14-8-10-2-4-12(14)6-10/h9-14H,1-8H2,(H,16,17). The molecule has 0 aromatic carbocycles. The normalized spacial score (nSPS) is 50.8. The predicted molar refractivity (Wildman–Crippen MR) is 96.9 cm³/mol. The van der Waals surface area contributed by atoms with E-state index >= 15 is 0 Å². The summed E-state index contributed by atoms with van der Waals surface area (Å²) < 4.78 is -1.49. The van der Waals surface area contributed by atoms with E-state index in [0.717, 1.165) is 34.2 Å². The molecule has 0 amide bonds. The van der Waals surface area contributed by atoms with Crippen molar-refractivity contribution in [2.75, 3.05) is 0 Å². The second-order valence-electron chi connectivity index (χ2n) is 7.11. The Morgan fingerprint density at radius 2 is 1.26 bits per heavy atom. The van der Waals surface area contributed by atoms with Crippen LogP contribution in [0.2, 0.25) is 0 Å². The minimum atomic E-state index is -1.49. The lowest BCUT2D eigenvalue weighted by molar-refractivity contribution is 0.493. The highest BCUT2D eigenvalue weighted by Crippen LogP contribution is 2.79. The van der Waals surface area contributed by atoms with Crippen LogP contribution in [0, 0.1) is 23.7 Å². The van der Waals surface area contributed by atoms with Crippen molar-refractivity contribution in [2.45, 2.75) is 61.9 Å². The van der Waals surface area contributed by atoms with Crippen molar-refractivity contribution in [3.8, 4) is 0 Å². The molecule has 0 N–H and O–H groups in total. The molecule has 0 heterocycles. The quantitative estimate of drug-likeness (QED) is 0.489. The van der Waals surface area contributed by atoms with Crippen molar-refractivity contribution < 1.29 is 0 Å². The average Bonchev–Trinajstić information content (AvgIpc) is 3.06. The molecule has 0 aromatic heterocycles. The molecule has 4 aliphatic rings. The van der Waals surface area contributed by atoms with Crippen LogP contribution in [0.1, 0.15) is 51.4 Å². The zero-order valence-electron chi connectivity index (χ0n) is 11.2. The van der Waals surface area contributed by atoms with Crippen LogP contribution < -0.4 is 0 Å². The van der Waals surface area contributed by atoms with Gasteiger partial charge in [0.1, 0.15) is 3.64 Å². The zero-order chi connectivity index (χ0) is 13.0. The van der Waals surface area contributed by atoms with E-state index in [1.165, 1.54) is 51.4 Å². The van der Waals surface area contributed by atoms with E-state index < -0.39 is 3.64 Å². The topological polar surface area (TPSA) is 0 Å². The first-order valence-electron chi connectivity index (χ1n) is 7.78. The van der Waals surface area contributed by atoms with Gasteiger partial charge in [0.25, 0.3) is 0 Å². The number of thiol groups is 1. The largest absolute Gasteiger partial charge is 0.121 e. The molecule has 4 saturated carbocycles. The number of rotatable bonds is 4. The van der Waals surface area contributed by atoms with Gasteiger partial charge in [-0.3, -0.25) is 0 Å². The Labute approximate surface area is 135 Å². The summed E-state index contributed by atoms with van der Waals surface area (Å²) >= 11 is 15.2. The van der Waals surface area contributed by atoms with E-state index in [1.54, 1.807) is 0 Å². The smallest absolute Gasteiger partial charge is 0.106 e. The monoisotopic (exact) mass is 350 g/mol. The minimum Gasteiger partial charge on any atom is -0.121 e. The lowest BCUT2D eigenvalue weighted by Gasteiger charge is -2.29. The first kappa shape index (κ1) is 14.3. The van der Waals surface area contributed by atoms with Gasteiger partial charge < -0.3 is 0 Å². The van der Waals surface area contributed by atoms with Crippen LogP contribution in [0.25, 0.3) is 0 Å². The molecule has 0 aliphatic heterocycles. The van der Waals surface area contributed by atoms with Crippen molar-refractivity contribution in [3.05, 3.63) is 0 Å². The summed E-state index contributed by atoms with van der Waals surface area (Å²) in [5.41, 5.74) is 0. The molecule has 4 fully saturated rings. The number of hydrogen-bond donors (Lipinski definition) is 1. The molecule has 0 saturated heterocycles. The van der Waals surface area contributed by atoms with E-state index in [4.69, 9.17) is 24.1 Å². The van der Waals surface area contributed by atoms with Gasteiger partial charge in [-0.05, 0) is 62.2 Å². The van der Waals surface area contributed by atoms with E-state index in [9.17, 15) is 0 Å². The van der Waals surface area contributed by atoms with Gasteiger partial charge in [0.05, 0.1) is 0 Å². The Morgan fingerprint density at radius 3 is 1.58 bits per heavy atom. The van der Waals surface area contributed by atoms with Crippen LogP contribution >= 0.6 is 38.7 Å². The third-order valence-corrected chi connectivity index (χ3v) is 16.1. The molecule has 6 atom stereocenters. The van der Waals surface area contributed by atoms with Gasteiger partial charge in [0.2, 0.25) is 0 Å². The molecule has 0 spiro atoms. The van der Waals surface area contributed by atoms with Crippen LogP contribution in [-0.2, 0) is 11.8 Å². The molecule has 0 nitrogen and oxygen atoms in total. The summed E-state index contributed by atoms with van der Waals surface area (Å²) in [6, 6.07) is 0. The van der Waals surface area contributed by atoms with Gasteiger partial charge in [-0.25, -0.2) is 0 Å². The predicted octanol–water partition coefficient (Wildman–Crippen LogP) is 5.98. The molecule has 4 rings (SSSR count). The lowest BCUT2D eigenvalue weighted by Crippen LogP contribution is -2.13. The van der Waals surface area contributed by atoms with Gasteiger partial charge >= 0.3 is 0 Å². The molecule has 108 valence electrons.